The molecular formula is C16H18N6O. The van der Waals surface area contributed by atoms with Crippen LogP contribution in [0.2, 0.25) is 0 Å². The summed E-state index contributed by atoms with van der Waals surface area (Å²) < 4.78 is 5.42. The summed E-state index contributed by atoms with van der Waals surface area (Å²) in [5.74, 6) is 1.57. The number of rotatable bonds is 3. The molecule has 4 heterocycles. The maximum Gasteiger partial charge on any atom is 0.137 e. The van der Waals surface area contributed by atoms with Crippen molar-refractivity contribution in [2.75, 3.05) is 18.5 Å². The van der Waals surface area contributed by atoms with Crippen LogP contribution in [-0.4, -0.2) is 44.4 Å². The van der Waals surface area contributed by atoms with Gasteiger partial charge in [0.15, 0.2) is 0 Å². The number of nitrogens with zero attached hydrogens (tertiary/aromatic N) is 4. The van der Waals surface area contributed by atoms with Gasteiger partial charge in [0.25, 0.3) is 0 Å². The zero-order valence-electron chi connectivity index (χ0n) is 12.9. The van der Waals surface area contributed by atoms with Crippen molar-refractivity contribution in [3.05, 3.63) is 30.4 Å². The van der Waals surface area contributed by atoms with Gasteiger partial charge in [0, 0.05) is 31.6 Å². The van der Waals surface area contributed by atoms with E-state index in [4.69, 9.17) is 4.74 Å². The standard InChI is InChI=1S/C16H18N6O/c1-10-17-6-3-13(19-10)15-14-12(21-22-15)2-7-18-16(14)20-11-4-8-23-9-5-11/h2-3,6-7,11H,4-5,8-9H2,1H3,(H,18,20)(H,21,22). The van der Waals surface area contributed by atoms with Crippen LogP contribution in [0.1, 0.15) is 18.7 Å². The molecule has 0 radical (unpaired) electrons. The number of H-pyrrole nitrogens is 1. The third-order valence-corrected chi connectivity index (χ3v) is 4.06. The van der Waals surface area contributed by atoms with Crippen molar-refractivity contribution in [3.8, 4) is 11.4 Å². The number of aromatic amines is 1. The van der Waals surface area contributed by atoms with Crippen molar-refractivity contribution in [1.82, 2.24) is 25.1 Å². The van der Waals surface area contributed by atoms with Crippen molar-refractivity contribution >= 4 is 16.7 Å². The van der Waals surface area contributed by atoms with Crippen LogP contribution in [0, 0.1) is 6.92 Å². The molecule has 0 spiro atoms. The second-order valence-corrected chi connectivity index (χ2v) is 5.67. The summed E-state index contributed by atoms with van der Waals surface area (Å²) in [6, 6.07) is 4.17. The number of nitrogens with one attached hydrogen (secondary N) is 2. The van der Waals surface area contributed by atoms with E-state index < -0.39 is 0 Å². The molecule has 0 aromatic carbocycles. The number of hydrogen-bond acceptors (Lipinski definition) is 6. The Morgan fingerprint density at radius 2 is 2.00 bits per heavy atom. The average molecular weight is 310 g/mol. The van der Waals surface area contributed by atoms with Gasteiger partial charge in [0.2, 0.25) is 0 Å². The van der Waals surface area contributed by atoms with Gasteiger partial charge in [-0.3, -0.25) is 5.10 Å². The Hall–Kier alpha value is -2.54. The Bertz CT molecular complexity index is 824. The number of fused-ring (bicyclic) bond motifs is 1. The molecule has 0 unspecified atom stereocenters. The number of aromatic nitrogens is 5. The van der Waals surface area contributed by atoms with Crippen LogP contribution in [0.3, 0.4) is 0 Å². The highest BCUT2D eigenvalue weighted by Crippen LogP contribution is 2.30. The Kier molecular flexibility index (Phi) is 3.63. The molecule has 3 aromatic heterocycles. The summed E-state index contributed by atoms with van der Waals surface area (Å²) in [5.41, 5.74) is 2.54. The molecule has 1 saturated heterocycles. The first-order chi connectivity index (χ1) is 11.3. The number of anilines is 1. The lowest BCUT2D eigenvalue weighted by atomic mass is 10.1. The minimum atomic E-state index is 0.372. The lowest BCUT2D eigenvalue weighted by molar-refractivity contribution is 0.0904. The first-order valence-corrected chi connectivity index (χ1v) is 7.78. The molecule has 1 aliphatic rings. The van der Waals surface area contributed by atoms with Gasteiger partial charge in [-0.2, -0.15) is 5.10 Å². The molecule has 0 bridgehead atoms. The topological polar surface area (TPSA) is 88.6 Å². The Labute approximate surface area is 133 Å². The summed E-state index contributed by atoms with van der Waals surface area (Å²) in [6.07, 6.45) is 5.51. The third kappa shape index (κ3) is 2.75. The molecule has 2 N–H and O–H groups in total. The summed E-state index contributed by atoms with van der Waals surface area (Å²) in [4.78, 5) is 13.2. The fourth-order valence-electron chi connectivity index (χ4n) is 2.88. The van der Waals surface area contributed by atoms with Gasteiger partial charge in [-0.05, 0) is 31.9 Å². The number of ether oxygens (including phenoxy) is 1. The molecule has 0 atom stereocenters. The van der Waals surface area contributed by atoms with Crippen LogP contribution in [0.15, 0.2) is 24.5 Å². The molecule has 1 fully saturated rings. The molecule has 0 saturated carbocycles. The van der Waals surface area contributed by atoms with Crippen molar-refractivity contribution in [2.24, 2.45) is 0 Å². The summed E-state index contributed by atoms with van der Waals surface area (Å²) in [6.45, 7) is 3.45. The van der Waals surface area contributed by atoms with E-state index >= 15 is 0 Å². The predicted molar refractivity (Wildman–Crippen MR) is 87.1 cm³/mol. The highest BCUT2D eigenvalue weighted by Gasteiger charge is 2.19. The van der Waals surface area contributed by atoms with E-state index in [9.17, 15) is 0 Å². The minimum Gasteiger partial charge on any atom is -0.381 e. The Morgan fingerprint density at radius 3 is 2.83 bits per heavy atom. The van der Waals surface area contributed by atoms with E-state index in [2.05, 4.69) is 30.5 Å². The molecule has 4 rings (SSSR count). The lowest BCUT2D eigenvalue weighted by Crippen LogP contribution is -2.28. The molecule has 0 aliphatic carbocycles. The molecule has 7 heteroatoms. The molecule has 3 aromatic rings. The van der Waals surface area contributed by atoms with Crippen LogP contribution in [0.25, 0.3) is 22.3 Å². The molecule has 0 amide bonds. The van der Waals surface area contributed by atoms with Crippen LogP contribution in [0.4, 0.5) is 5.82 Å². The van der Waals surface area contributed by atoms with Crippen LogP contribution < -0.4 is 5.32 Å². The quantitative estimate of drug-likeness (QED) is 0.772. The minimum absolute atomic E-state index is 0.372. The molecule has 118 valence electrons. The SMILES string of the molecule is Cc1nccc(-c2n[nH]c3ccnc(NC4CCOCC4)c23)n1. The van der Waals surface area contributed by atoms with Gasteiger partial charge in [-0.25, -0.2) is 15.0 Å². The first kappa shape index (κ1) is 14.1. The predicted octanol–water partition coefficient (Wildman–Crippen LogP) is 2.31. The number of aryl methyl sites for hydroxylation is 1. The second kappa shape index (κ2) is 5.92. The fourth-order valence-corrected chi connectivity index (χ4v) is 2.88. The normalized spacial score (nSPS) is 15.9. The third-order valence-electron chi connectivity index (χ3n) is 4.06. The number of hydrogen-bond donors (Lipinski definition) is 2. The number of pyridine rings is 1. The fraction of sp³-hybridized carbons (Fsp3) is 0.375. The Balaban J connectivity index is 1.77. The van der Waals surface area contributed by atoms with Crippen LogP contribution >= 0.6 is 0 Å². The summed E-state index contributed by atoms with van der Waals surface area (Å²) in [7, 11) is 0. The first-order valence-electron chi connectivity index (χ1n) is 7.78. The zero-order valence-corrected chi connectivity index (χ0v) is 12.9. The van der Waals surface area contributed by atoms with Gasteiger partial charge in [0.05, 0.1) is 16.6 Å². The van der Waals surface area contributed by atoms with Crippen molar-refractivity contribution in [3.63, 3.8) is 0 Å². The van der Waals surface area contributed by atoms with Crippen LogP contribution in [-0.2, 0) is 4.74 Å². The maximum absolute atomic E-state index is 5.42. The van der Waals surface area contributed by atoms with Gasteiger partial charge in [-0.1, -0.05) is 0 Å². The van der Waals surface area contributed by atoms with Crippen LogP contribution in [0.5, 0.6) is 0 Å². The lowest BCUT2D eigenvalue weighted by Gasteiger charge is -2.23. The smallest absolute Gasteiger partial charge is 0.137 e. The van der Waals surface area contributed by atoms with Crippen molar-refractivity contribution < 1.29 is 4.74 Å². The average Bonchev–Trinajstić information content (AvgIpc) is 3.01. The molecule has 7 nitrogen and oxygen atoms in total. The van der Waals surface area contributed by atoms with E-state index in [0.717, 1.165) is 60.0 Å². The molecule has 23 heavy (non-hydrogen) atoms. The zero-order chi connectivity index (χ0) is 15.6. The maximum atomic E-state index is 5.42. The Morgan fingerprint density at radius 1 is 1.17 bits per heavy atom. The van der Waals surface area contributed by atoms with Crippen molar-refractivity contribution in [2.45, 2.75) is 25.8 Å². The van der Waals surface area contributed by atoms with E-state index in [-0.39, 0.29) is 0 Å². The van der Waals surface area contributed by atoms with E-state index in [1.54, 1.807) is 12.4 Å². The highest BCUT2D eigenvalue weighted by molar-refractivity contribution is 5.99. The monoisotopic (exact) mass is 310 g/mol. The highest BCUT2D eigenvalue weighted by atomic mass is 16.5. The van der Waals surface area contributed by atoms with E-state index in [0.29, 0.717) is 6.04 Å². The largest absolute Gasteiger partial charge is 0.381 e. The summed E-state index contributed by atoms with van der Waals surface area (Å²) in [5, 5.41) is 12.0. The second-order valence-electron chi connectivity index (χ2n) is 5.67. The van der Waals surface area contributed by atoms with E-state index in [1.165, 1.54) is 0 Å². The van der Waals surface area contributed by atoms with Gasteiger partial charge < -0.3 is 10.1 Å². The molecular weight excluding hydrogens is 292 g/mol. The van der Waals surface area contributed by atoms with Gasteiger partial charge in [0.1, 0.15) is 17.3 Å². The van der Waals surface area contributed by atoms with Crippen molar-refractivity contribution in [1.29, 1.82) is 0 Å². The van der Waals surface area contributed by atoms with Gasteiger partial charge >= 0.3 is 0 Å². The van der Waals surface area contributed by atoms with Gasteiger partial charge in [-0.15, -0.1) is 0 Å². The summed E-state index contributed by atoms with van der Waals surface area (Å²) >= 11 is 0. The molecule has 1 aliphatic heterocycles. The van der Waals surface area contributed by atoms with E-state index in [1.807, 2.05) is 19.1 Å².